The van der Waals surface area contributed by atoms with E-state index in [1.54, 1.807) is 24.3 Å². The molecule has 1 atom stereocenters. The van der Waals surface area contributed by atoms with Gasteiger partial charge in [0.05, 0.1) is 27.7 Å². The average Bonchev–Trinajstić information content (AvgIpc) is 3.18. The molecule has 4 rings (SSSR count). The molecule has 0 radical (unpaired) electrons. The first kappa shape index (κ1) is 22.6. The molecular formula is C26H25ClN4O2. The van der Waals surface area contributed by atoms with E-state index >= 15 is 0 Å². The van der Waals surface area contributed by atoms with Gasteiger partial charge in [-0.2, -0.15) is 0 Å². The lowest BCUT2D eigenvalue weighted by molar-refractivity contribution is -0.116. The van der Waals surface area contributed by atoms with Gasteiger partial charge in [-0.3, -0.25) is 9.59 Å². The van der Waals surface area contributed by atoms with Gasteiger partial charge in [-0.05, 0) is 55.3 Å². The van der Waals surface area contributed by atoms with Crippen molar-refractivity contribution in [1.82, 2.24) is 14.9 Å². The summed E-state index contributed by atoms with van der Waals surface area (Å²) < 4.78 is 1.84. The Morgan fingerprint density at radius 2 is 1.70 bits per heavy atom. The quantitative estimate of drug-likeness (QED) is 0.388. The molecule has 0 bridgehead atoms. The Morgan fingerprint density at radius 3 is 2.42 bits per heavy atom. The van der Waals surface area contributed by atoms with Crippen molar-refractivity contribution in [3.8, 4) is 0 Å². The van der Waals surface area contributed by atoms with E-state index in [1.165, 1.54) is 5.56 Å². The van der Waals surface area contributed by atoms with Crippen molar-refractivity contribution in [3.05, 3.63) is 94.8 Å². The number of anilines is 1. The first-order valence-electron chi connectivity index (χ1n) is 10.9. The third-order valence-electron chi connectivity index (χ3n) is 5.49. The van der Waals surface area contributed by atoms with E-state index in [1.807, 2.05) is 60.0 Å². The number of imidazole rings is 1. The summed E-state index contributed by atoms with van der Waals surface area (Å²) in [7, 11) is 0. The molecule has 3 aromatic carbocycles. The number of carbonyl (C=O) groups is 2. The number of aromatic nitrogens is 2. The fourth-order valence-corrected chi connectivity index (χ4v) is 3.96. The van der Waals surface area contributed by atoms with Crippen molar-refractivity contribution in [2.75, 3.05) is 5.32 Å². The van der Waals surface area contributed by atoms with E-state index in [9.17, 15) is 9.59 Å². The summed E-state index contributed by atoms with van der Waals surface area (Å²) in [5.74, 6) is 0.119. The monoisotopic (exact) mass is 460 g/mol. The van der Waals surface area contributed by atoms with Crippen LogP contribution in [0.5, 0.6) is 0 Å². The van der Waals surface area contributed by atoms with Crippen LogP contribution in [-0.2, 0) is 17.8 Å². The van der Waals surface area contributed by atoms with Crippen LogP contribution in [0.2, 0.25) is 5.02 Å². The van der Waals surface area contributed by atoms with Gasteiger partial charge in [0, 0.05) is 5.69 Å². The summed E-state index contributed by atoms with van der Waals surface area (Å²) in [6.45, 7) is 4.00. The number of hydrogen-bond acceptors (Lipinski definition) is 3. The van der Waals surface area contributed by atoms with Gasteiger partial charge in [-0.15, -0.1) is 0 Å². The smallest absolute Gasteiger partial charge is 0.253 e. The Bertz CT molecular complexity index is 1300. The maximum Gasteiger partial charge on any atom is 0.253 e. The molecule has 33 heavy (non-hydrogen) atoms. The molecule has 1 aromatic heterocycles. The Kier molecular flexibility index (Phi) is 6.75. The molecule has 0 saturated heterocycles. The second kappa shape index (κ2) is 9.88. The van der Waals surface area contributed by atoms with E-state index in [2.05, 4.69) is 17.6 Å². The molecule has 6 nitrogen and oxygen atoms in total. The lowest BCUT2D eigenvalue weighted by atomic mass is 10.1. The normalized spacial score (nSPS) is 11.8. The van der Waals surface area contributed by atoms with Gasteiger partial charge < -0.3 is 15.2 Å². The summed E-state index contributed by atoms with van der Waals surface area (Å²) in [5, 5.41) is 6.27. The van der Waals surface area contributed by atoms with Crippen molar-refractivity contribution in [2.45, 2.75) is 32.9 Å². The van der Waals surface area contributed by atoms with Crippen LogP contribution in [0.4, 0.5) is 5.69 Å². The number of amides is 2. The molecule has 1 heterocycles. The Morgan fingerprint density at radius 1 is 1.00 bits per heavy atom. The largest absolute Gasteiger partial charge is 0.342 e. The van der Waals surface area contributed by atoms with Crippen molar-refractivity contribution >= 4 is 40.1 Å². The van der Waals surface area contributed by atoms with Crippen molar-refractivity contribution in [1.29, 1.82) is 0 Å². The molecule has 7 heteroatoms. The lowest BCUT2D eigenvalue weighted by Gasteiger charge is -2.17. The maximum atomic E-state index is 12.9. The van der Waals surface area contributed by atoms with Gasteiger partial charge in [0.1, 0.15) is 12.4 Å². The molecule has 0 fully saturated rings. The zero-order valence-electron chi connectivity index (χ0n) is 18.5. The number of nitrogens with one attached hydrogen (secondary N) is 2. The number of aryl methyl sites for hydroxylation is 1. The first-order chi connectivity index (χ1) is 16.0. The van der Waals surface area contributed by atoms with Gasteiger partial charge in [-0.1, -0.05) is 54.9 Å². The van der Waals surface area contributed by atoms with Crippen molar-refractivity contribution in [3.63, 3.8) is 0 Å². The number of hydrogen-bond donors (Lipinski definition) is 2. The van der Waals surface area contributed by atoms with Gasteiger partial charge in [-0.25, -0.2) is 4.98 Å². The van der Waals surface area contributed by atoms with Crippen LogP contribution in [-0.4, -0.2) is 21.4 Å². The zero-order chi connectivity index (χ0) is 23.4. The highest BCUT2D eigenvalue weighted by Crippen LogP contribution is 2.22. The van der Waals surface area contributed by atoms with Crippen LogP contribution in [0.15, 0.2) is 72.8 Å². The number of para-hydroxylation sites is 2. The summed E-state index contributed by atoms with van der Waals surface area (Å²) in [6, 6.07) is 21.8. The van der Waals surface area contributed by atoms with Gasteiger partial charge in [0.15, 0.2) is 0 Å². The number of halogens is 1. The van der Waals surface area contributed by atoms with E-state index < -0.39 is 6.04 Å². The fourth-order valence-electron chi connectivity index (χ4n) is 3.74. The fraction of sp³-hybridized carbons (Fsp3) is 0.192. The number of benzene rings is 3. The van der Waals surface area contributed by atoms with Crippen LogP contribution in [0.3, 0.4) is 0 Å². The summed E-state index contributed by atoms with van der Waals surface area (Å²) in [4.78, 5) is 30.4. The number of carbonyl (C=O) groups excluding carboxylic acids is 2. The van der Waals surface area contributed by atoms with Crippen LogP contribution in [0.1, 0.15) is 41.6 Å². The standard InChI is InChI=1S/C26H25ClN4O2/c1-3-18-12-14-19(15-13-18)29-24(32)16-31-23-11-7-6-10-22(23)30-25(31)17(2)28-26(33)20-8-4-5-9-21(20)27/h4-15,17H,3,16H2,1-2H3,(H,28,33)(H,29,32). The van der Waals surface area contributed by atoms with E-state index in [0.29, 0.717) is 16.4 Å². The summed E-state index contributed by atoms with van der Waals surface area (Å²) in [5.41, 5.74) is 3.92. The van der Waals surface area contributed by atoms with Gasteiger partial charge >= 0.3 is 0 Å². The summed E-state index contributed by atoms with van der Waals surface area (Å²) >= 11 is 6.17. The molecule has 4 aromatic rings. The van der Waals surface area contributed by atoms with Crippen LogP contribution >= 0.6 is 11.6 Å². The van der Waals surface area contributed by atoms with Gasteiger partial charge in [0.25, 0.3) is 5.91 Å². The highest BCUT2D eigenvalue weighted by atomic mass is 35.5. The van der Waals surface area contributed by atoms with Crippen molar-refractivity contribution < 1.29 is 9.59 Å². The van der Waals surface area contributed by atoms with Crippen LogP contribution < -0.4 is 10.6 Å². The lowest BCUT2D eigenvalue weighted by Crippen LogP contribution is -2.30. The molecular weight excluding hydrogens is 436 g/mol. The first-order valence-corrected chi connectivity index (χ1v) is 11.2. The minimum atomic E-state index is -0.446. The third-order valence-corrected chi connectivity index (χ3v) is 5.81. The Hall–Kier alpha value is -3.64. The topological polar surface area (TPSA) is 76.0 Å². The minimum Gasteiger partial charge on any atom is -0.342 e. The van der Waals surface area contributed by atoms with Crippen LogP contribution in [0.25, 0.3) is 11.0 Å². The average molecular weight is 461 g/mol. The predicted molar refractivity (Wildman–Crippen MR) is 132 cm³/mol. The van der Waals surface area contributed by atoms with Crippen molar-refractivity contribution in [2.24, 2.45) is 0 Å². The minimum absolute atomic E-state index is 0.0671. The molecule has 0 saturated carbocycles. The van der Waals surface area contributed by atoms with E-state index in [0.717, 1.165) is 23.1 Å². The molecule has 0 aliphatic heterocycles. The second-order valence-electron chi connectivity index (χ2n) is 7.82. The highest BCUT2D eigenvalue weighted by Gasteiger charge is 2.21. The Labute approximate surface area is 197 Å². The number of fused-ring (bicyclic) bond motifs is 1. The molecule has 1 unspecified atom stereocenters. The molecule has 0 aliphatic carbocycles. The Balaban J connectivity index is 1.57. The summed E-state index contributed by atoms with van der Waals surface area (Å²) in [6.07, 6.45) is 0.941. The van der Waals surface area contributed by atoms with E-state index in [4.69, 9.17) is 16.6 Å². The predicted octanol–water partition coefficient (Wildman–Crippen LogP) is 5.38. The molecule has 168 valence electrons. The third kappa shape index (κ3) is 5.07. The molecule has 2 N–H and O–H groups in total. The molecule has 2 amide bonds. The molecule has 0 spiro atoms. The highest BCUT2D eigenvalue weighted by molar-refractivity contribution is 6.33. The molecule has 0 aliphatic rings. The van der Waals surface area contributed by atoms with E-state index in [-0.39, 0.29) is 18.4 Å². The van der Waals surface area contributed by atoms with Crippen LogP contribution in [0, 0.1) is 0 Å². The zero-order valence-corrected chi connectivity index (χ0v) is 19.3. The second-order valence-corrected chi connectivity index (χ2v) is 8.23. The maximum absolute atomic E-state index is 12.9. The number of rotatable bonds is 7. The van der Waals surface area contributed by atoms with Gasteiger partial charge in [0.2, 0.25) is 5.91 Å². The number of nitrogens with zero attached hydrogens (tertiary/aromatic N) is 2. The SMILES string of the molecule is CCc1ccc(NC(=O)Cn2c(C(C)NC(=O)c3ccccc3Cl)nc3ccccc32)cc1.